The molecule has 3 nitrogen and oxygen atoms in total. The van der Waals surface area contributed by atoms with Crippen molar-refractivity contribution >= 4 is 34.8 Å². The Kier molecular flexibility index (Phi) is 3.59. The first-order valence-electron chi connectivity index (χ1n) is 3.56. The summed E-state index contributed by atoms with van der Waals surface area (Å²) in [6, 6.07) is 0.134. The maximum atomic E-state index is 5.66. The van der Waals surface area contributed by atoms with Crippen molar-refractivity contribution in [1.29, 1.82) is 0 Å². The Hall–Kier alpha value is -0.250. The van der Waals surface area contributed by atoms with Crippen LogP contribution in [0.2, 0.25) is 15.3 Å². The molecule has 0 saturated carbocycles. The van der Waals surface area contributed by atoms with E-state index >= 15 is 0 Å². The van der Waals surface area contributed by atoms with E-state index in [-0.39, 0.29) is 27.4 Å². The smallest absolute Gasteiger partial charge is 0.319 e. The highest BCUT2D eigenvalue weighted by molar-refractivity contribution is 6.46. The van der Waals surface area contributed by atoms with Gasteiger partial charge < -0.3 is 4.74 Å². The van der Waals surface area contributed by atoms with Gasteiger partial charge in [0.2, 0.25) is 0 Å². The lowest BCUT2D eigenvalue weighted by atomic mass is 10.5. The second-order valence-electron chi connectivity index (χ2n) is 2.57. The van der Waals surface area contributed by atoms with Crippen molar-refractivity contribution in [2.45, 2.75) is 20.0 Å². The van der Waals surface area contributed by atoms with Crippen molar-refractivity contribution in [3.05, 3.63) is 15.3 Å². The lowest BCUT2D eigenvalue weighted by molar-refractivity contribution is 0.222. The van der Waals surface area contributed by atoms with Gasteiger partial charge in [-0.2, -0.15) is 9.97 Å². The normalized spacial score (nSPS) is 10.6. The molecule has 0 aliphatic rings. The Morgan fingerprint density at radius 1 is 1.08 bits per heavy atom. The first-order chi connectivity index (χ1) is 6.00. The molecule has 6 heteroatoms. The van der Waals surface area contributed by atoms with Crippen LogP contribution in [0.5, 0.6) is 6.01 Å². The largest absolute Gasteiger partial charge is 0.461 e. The van der Waals surface area contributed by atoms with Crippen LogP contribution >= 0.6 is 34.8 Å². The highest BCUT2D eigenvalue weighted by Gasteiger charge is 2.10. The van der Waals surface area contributed by atoms with Crippen LogP contribution in [0.4, 0.5) is 0 Å². The zero-order chi connectivity index (χ0) is 10.0. The predicted octanol–water partition coefficient (Wildman–Crippen LogP) is 3.22. The predicted molar refractivity (Wildman–Crippen MR) is 52.8 cm³/mol. The molecule has 1 aromatic heterocycles. The summed E-state index contributed by atoms with van der Waals surface area (Å²) in [7, 11) is 0. The highest BCUT2D eigenvalue weighted by atomic mass is 35.5. The van der Waals surface area contributed by atoms with Gasteiger partial charge in [-0.1, -0.05) is 34.8 Å². The molecule has 0 N–H and O–H groups in total. The summed E-state index contributed by atoms with van der Waals surface area (Å²) in [5.74, 6) is 0. The van der Waals surface area contributed by atoms with Crippen LogP contribution in [-0.4, -0.2) is 16.1 Å². The lowest BCUT2D eigenvalue weighted by Gasteiger charge is -2.08. The van der Waals surface area contributed by atoms with Crippen molar-refractivity contribution in [3.8, 4) is 6.01 Å². The molecule has 0 aliphatic carbocycles. The number of ether oxygens (including phenoxy) is 1. The molecule has 0 aliphatic heterocycles. The molecular weight excluding hydrogens is 234 g/mol. The average molecular weight is 242 g/mol. The Balaban J connectivity index is 2.99. The summed E-state index contributed by atoms with van der Waals surface area (Å²) >= 11 is 17.0. The number of rotatable bonds is 2. The molecule has 0 aromatic carbocycles. The van der Waals surface area contributed by atoms with Gasteiger partial charge in [0.05, 0.1) is 6.10 Å². The fourth-order valence-corrected chi connectivity index (χ4v) is 1.10. The van der Waals surface area contributed by atoms with Gasteiger partial charge in [-0.15, -0.1) is 0 Å². The van der Waals surface area contributed by atoms with Crippen LogP contribution in [0.15, 0.2) is 0 Å². The summed E-state index contributed by atoms with van der Waals surface area (Å²) < 4.78 is 5.18. The Morgan fingerprint density at radius 3 is 1.92 bits per heavy atom. The second-order valence-corrected chi connectivity index (χ2v) is 3.66. The van der Waals surface area contributed by atoms with Crippen molar-refractivity contribution < 1.29 is 4.74 Å². The summed E-state index contributed by atoms with van der Waals surface area (Å²) in [5, 5.41) is 0.328. The average Bonchev–Trinajstić information content (AvgIpc) is 1.98. The van der Waals surface area contributed by atoms with Crippen LogP contribution in [0.25, 0.3) is 0 Å². The van der Waals surface area contributed by atoms with Gasteiger partial charge in [-0.25, -0.2) is 0 Å². The molecule has 0 atom stereocenters. The molecule has 13 heavy (non-hydrogen) atoms. The van der Waals surface area contributed by atoms with Gasteiger partial charge in [-0.05, 0) is 13.8 Å². The molecule has 0 spiro atoms. The molecular formula is C7H7Cl3N2O. The second kappa shape index (κ2) is 4.31. The third kappa shape index (κ3) is 2.86. The van der Waals surface area contributed by atoms with E-state index in [0.29, 0.717) is 0 Å². The van der Waals surface area contributed by atoms with Crippen LogP contribution in [0.3, 0.4) is 0 Å². The van der Waals surface area contributed by atoms with E-state index in [2.05, 4.69) is 9.97 Å². The van der Waals surface area contributed by atoms with Crippen molar-refractivity contribution in [1.82, 2.24) is 9.97 Å². The Labute approximate surface area is 91.0 Å². The Morgan fingerprint density at radius 2 is 1.54 bits per heavy atom. The van der Waals surface area contributed by atoms with E-state index in [1.54, 1.807) is 0 Å². The zero-order valence-electron chi connectivity index (χ0n) is 7.01. The van der Waals surface area contributed by atoms with Crippen LogP contribution in [-0.2, 0) is 0 Å². The third-order valence-corrected chi connectivity index (χ3v) is 2.19. The topological polar surface area (TPSA) is 35.0 Å². The van der Waals surface area contributed by atoms with E-state index in [1.807, 2.05) is 13.8 Å². The molecule has 1 aromatic rings. The molecule has 0 unspecified atom stereocenters. The minimum atomic E-state index is -0.0340. The third-order valence-electron chi connectivity index (χ3n) is 1.09. The van der Waals surface area contributed by atoms with Gasteiger partial charge in [0.25, 0.3) is 0 Å². The van der Waals surface area contributed by atoms with Gasteiger partial charge in [0.15, 0.2) is 10.3 Å². The van der Waals surface area contributed by atoms with E-state index in [4.69, 9.17) is 39.5 Å². The minimum Gasteiger partial charge on any atom is -0.461 e. The Bertz CT molecular complexity index is 294. The fourth-order valence-electron chi connectivity index (χ4n) is 0.640. The quantitative estimate of drug-likeness (QED) is 0.746. The minimum absolute atomic E-state index is 0.0340. The van der Waals surface area contributed by atoms with E-state index in [9.17, 15) is 0 Å². The number of hydrogen-bond acceptors (Lipinski definition) is 3. The van der Waals surface area contributed by atoms with Gasteiger partial charge in [-0.3, -0.25) is 0 Å². The number of nitrogens with zero attached hydrogens (tertiary/aromatic N) is 2. The number of aromatic nitrogens is 2. The van der Waals surface area contributed by atoms with Gasteiger partial charge >= 0.3 is 6.01 Å². The summed E-state index contributed by atoms with van der Waals surface area (Å²) in [4.78, 5) is 7.58. The van der Waals surface area contributed by atoms with Crippen LogP contribution in [0.1, 0.15) is 13.8 Å². The monoisotopic (exact) mass is 240 g/mol. The SMILES string of the molecule is CC(C)Oc1nc(Cl)c(Cl)c(Cl)n1. The standard InChI is InChI=1S/C7H7Cl3N2O/c1-3(2)13-7-11-5(9)4(8)6(10)12-7/h3H,1-2H3. The van der Waals surface area contributed by atoms with Crippen molar-refractivity contribution in [2.24, 2.45) is 0 Å². The number of hydrogen-bond donors (Lipinski definition) is 0. The van der Waals surface area contributed by atoms with Crippen LogP contribution in [0, 0.1) is 0 Å². The van der Waals surface area contributed by atoms with Crippen LogP contribution < -0.4 is 4.74 Å². The summed E-state index contributed by atoms with van der Waals surface area (Å²) in [6.45, 7) is 3.69. The molecule has 1 heterocycles. The molecule has 0 saturated heterocycles. The number of halogens is 3. The molecule has 0 bridgehead atoms. The summed E-state index contributed by atoms with van der Waals surface area (Å²) in [6.07, 6.45) is -0.0340. The van der Waals surface area contributed by atoms with E-state index in [1.165, 1.54) is 0 Å². The molecule has 72 valence electrons. The first kappa shape index (κ1) is 10.8. The maximum absolute atomic E-state index is 5.66. The van der Waals surface area contributed by atoms with Crippen molar-refractivity contribution in [2.75, 3.05) is 0 Å². The fraction of sp³-hybridized carbons (Fsp3) is 0.429. The van der Waals surface area contributed by atoms with E-state index < -0.39 is 0 Å². The highest BCUT2D eigenvalue weighted by Crippen LogP contribution is 2.28. The lowest BCUT2D eigenvalue weighted by Crippen LogP contribution is -2.08. The first-order valence-corrected chi connectivity index (χ1v) is 4.69. The van der Waals surface area contributed by atoms with Gasteiger partial charge in [0, 0.05) is 0 Å². The molecule has 0 fully saturated rings. The van der Waals surface area contributed by atoms with Crippen molar-refractivity contribution in [3.63, 3.8) is 0 Å². The zero-order valence-corrected chi connectivity index (χ0v) is 9.28. The molecule has 0 amide bonds. The molecule has 1 rings (SSSR count). The maximum Gasteiger partial charge on any atom is 0.319 e. The summed E-state index contributed by atoms with van der Waals surface area (Å²) in [5.41, 5.74) is 0. The molecule has 0 radical (unpaired) electrons. The van der Waals surface area contributed by atoms with E-state index in [0.717, 1.165) is 0 Å². The van der Waals surface area contributed by atoms with Gasteiger partial charge in [0.1, 0.15) is 5.02 Å².